The highest BCUT2D eigenvalue weighted by atomic mass is 16.4. The Morgan fingerprint density at radius 1 is 1.41 bits per heavy atom. The molecule has 3 nitrogen and oxygen atoms in total. The summed E-state index contributed by atoms with van der Waals surface area (Å²) in [6.45, 7) is 0. The normalized spacial score (nSPS) is 15.4. The topological polar surface area (TPSA) is 42.2 Å². The summed E-state index contributed by atoms with van der Waals surface area (Å²) in [6, 6.07) is 5.43. The molecule has 0 atom stereocenters. The van der Waals surface area contributed by atoms with Crippen LogP contribution in [-0.4, -0.2) is 23.5 Å². The quantitative estimate of drug-likeness (QED) is 0.787. The molecule has 0 aliphatic heterocycles. The van der Waals surface area contributed by atoms with Crippen LogP contribution in [0.4, 0.5) is 0 Å². The Kier molecular flexibility index (Phi) is 2.08. The minimum atomic E-state index is -0.881. The largest absolute Gasteiger partial charge is 0.478 e. The minimum absolute atomic E-state index is 0.348. The van der Waals surface area contributed by atoms with E-state index in [0.29, 0.717) is 17.1 Å². The number of aromatic nitrogens is 1. The molecule has 0 amide bonds. The zero-order valence-electron chi connectivity index (χ0n) is 9.60. The fourth-order valence-corrected chi connectivity index (χ4v) is 2.33. The van der Waals surface area contributed by atoms with Crippen molar-refractivity contribution in [2.24, 2.45) is 7.05 Å². The molecule has 1 N–H and O–H groups in total. The smallest absolute Gasteiger partial charge is 0.335 e. The van der Waals surface area contributed by atoms with E-state index in [1.807, 2.05) is 17.7 Å². The molecule has 2 radical (unpaired) electrons. The molecule has 1 fully saturated rings. The monoisotopic (exact) mass is 225 g/mol. The lowest BCUT2D eigenvalue weighted by atomic mass is 10.00. The lowest BCUT2D eigenvalue weighted by molar-refractivity contribution is 0.0697. The number of aromatic carboxylic acids is 1. The van der Waals surface area contributed by atoms with Gasteiger partial charge in [-0.05, 0) is 48.1 Å². The van der Waals surface area contributed by atoms with Crippen molar-refractivity contribution in [2.75, 3.05) is 0 Å². The van der Waals surface area contributed by atoms with E-state index in [2.05, 4.69) is 0 Å². The van der Waals surface area contributed by atoms with Crippen LogP contribution >= 0.6 is 0 Å². The van der Waals surface area contributed by atoms with Gasteiger partial charge in [-0.1, -0.05) is 0 Å². The molecule has 1 saturated carbocycles. The molecule has 3 rings (SSSR count). The van der Waals surface area contributed by atoms with E-state index in [1.54, 1.807) is 12.1 Å². The third-order valence-corrected chi connectivity index (χ3v) is 3.50. The molecule has 4 heteroatoms. The molecule has 1 aromatic heterocycles. The molecular formula is C13H12BNO2. The Morgan fingerprint density at radius 3 is 2.71 bits per heavy atom. The van der Waals surface area contributed by atoms with Crippen molar-refractivity contribution in [1.29, 1.82) is 0 Å². The van der Waals surface area contributed by atoms with E-state index in [-0.39, 0.29) is 0 Å². The van der Waals surface area contributed by atoms with E-state index in [4.69, 9.17) is 13.0 Å². The Morgan fingerprint density at radius 2 is 2.12 bits per heavy atom. The van der Waals surface area contributed by atoms with Crippen molar-refractivity contribution in [1.82, 2.24) is 4.57 Å². The van der Waals surface area contributed by atoms with Gasteiger partial charge in [0.25, 0.3) is 0 Å². The average Bonchev–Trinajstić information content (AvgIpc) is 3.07. The second-order valence-electron chi connectivity index (χ2n) is 4.71. The summed E-state index contributed by atoms with van der Waals surface area (Å²) in [5.41, 5.74) is 3.06. The maximum Gasteiger partial charge on any atom is 0.335 e. The van der Waals surface area contributed by atoms with Crippen molar-refractivity contribution in [3.8, 4) is 0 Å². The van der Waals surface area contributed by atoms with E-state index in [0.717, 1.165) is 29.3 Å². The van der Waals surface area contributed by atoms with Gasteiger partial charge in [0, 0.05) is 18.0 Å². The van der Waals surface area contributed by atoms with E-state index in [9.17, 15) is 4.79 Å². The van der Waals surface area contributed by atoms with Gasteiger partial charge in [-0.2, -0.15) is 0 Å². The van der Waals surface area contributed by atoms with Crippen molar-refractivity contribution < 1.29 is 9.90 Å². The van der Waals surface area contributed by atoms with Gasteiger partial charge < -0.3 is 9.67 Å². The molecule has 1 heterocycles. The Balaban J connectivity index is 2.35. The molecular weight excluding hydrogens is 213 g/mol. The molecule has 17 heavy (non-hydrogen) atoms. The number of benzene rings is 1. The number of hydrogen-bond donors (Lipinski definition) is 1. The maximum absolute atomic E-state index is 11.1. The van der Waals surface area contributed by atoms with Gasteiger partial charge in [0.05, 0.1) is 5.56 Å². The van der Waals surface area contributed by atoms with Crippen LogP contribution in [-0.2, 0) is 7.05 Å². The number of nitrogens with zero attached hydrogens (tertiary/aromatic N) is 1. The van der Waals surface area contributed by atoms with Crippen molar-refractivity contribution in [2.45, 2.75) is 18.8 Å². The summed E-state index contributed by atoms with van der Waals surface area (Å²) in [6.07, 6.45) is 2.29. The van der Waals surface area contributed by atoms with Crippen molar-refractivity contribution in [3.05, 3.63) is 29.3 Å². The zero-order valence-corrected chi connectivity index (χ0v) is 9.60. The summed E-state index contributed by atoms with van der Waals surface area (Å²) in [5.74, 6) is -0.368. The van der Waals surface area contributed by atoms with Crippen LogP contribution < -0.4 is 5.59 Å². The van der Waals surface area contributed by atoms with E-state index >= 15 is 0 Å². The Hall–Kier alpha value is -1.71. The lowest BCUT2D eigenvalue weighted by Gasteiger charge is -2.05. The summed E-state index contributed by atoms with van der Waals surface area (Å²) < 4.78 is 1.84. The molecule has 84 valence electrons. The molecule has 0 spiro atoms. The van der Waals surface area contributed by atoms with Gasteiger partial charge >= 0.3 is 5.97 Å². The second-order valence-corrected chi connectivity index (χ2v) is 4.71. The molecule has 0 saturated heterocycles. The number of carbonyl (C=O) groups is 1. The highest BCUT2D eigenvalue weighted by molar-refractivity contribution is 6.32. The lowest BCUT2D eigenvalue weighted by Crippen LogP contribution is -2.12. The number of aryl methyl sites for hydroxylation is 1. The molecule has 1 aliphatic carbocycles. The molecule has 0 bridgehead atoms. The van der Waals surface area contributed by atoms with E-state index < -0.39 is 5.97 Å². The standard InChI is InChI=1S/C13H12BNO2/c1-15-11-5-8(13(16)17)4-9(7-2-3-7)10(11)6-12(15)14/h4-7H,2-3H2,1H3,(H,16,17). The number of carboxylic acids is 1. The summed E-state index contributed by atoms with van der Waals surface area (Å²) in [4.78, 5) is 11.1. The third kappa shape index (κ3) is 1.55. The zero-order chi connectivity index (χ0) is 12.2. The number of carboxylic acid groups (broad SMARTS) is 1. The summed E-state index contributed by atoms with van der Waals surface area (Å²) in [7, 11) is 7.74. The molecule has 1 aliphatic rings. The van der Waals surface area contributed by atoms with Crippen molar-refractivity contribution >= 4 is 30.3 Å². The first kappa shape index (κ1) is 10.4. The van der Waals surface area contributed by atoms with Crippen LogP contribution in [0.3, 0.4) is 0 Å². The van der Waals surface area contributed by atoms with Crippen LogP contribution in [0.1, 0.15) is 34.7 Å². The van der Waals surface area contributed by atoms with Gasteiger partial charge in [0.2, 0.25) is 0 Å². The van der Waals surface area contributed by atoms with Crippen LogP contribution in [0, 0.1) is 0 Å². The number of hydrogen-bond acceptors (Lipinski definition) is 1. The van der Waals surface area contributed by atoms with Gasteiger partial charge in [0.15, 0.2) is 0 Å². The van der Waals surface area contributed by atoms with Crippen LogP contribution in [0.25, 0.3) is 10.9 Å². The SMILES string of the molecule is [B]c1cc2c(C3CC3)cc(C(=O)O)cc2n1C. The number of rotatable bonds is 2. The van der Waals surface area contributed by atoms with Crippen LogP contribution in [0.2, 0.25) is 0 Å². The second kappa shape index (κ2) is 3.39. The first-order valence-electron chi connectivity index (χ1n) is 5.70. The highest BCUT2D eigenvalue weighted by Gasteiger charge is 2.27. The maximum atomic E-state index is 11.1. The Labute approximate surface area is 100 Å². The first-order valence-corrected chi connectivity index (χ1v) is 5.70. The van der Waals surface area contributed by atoms with Crippen molar-refractivity contribution in [3.63, 3.8) is 0 Å². The third-order valence-electron chi connectivity index (χ3n) is 3.50. The first-order chi connectivity index (χ1) is 8.08. The predicted octanol–water partition coefficient (Wildman–Crippen LogP) is 1.55. The van der Waals surface area contributed by atoms with Gasteiger partial charge in [-0.15, -0.1) is 0 Å². The van der Waals surface area contributed by atoms with Gasteiger partial charge in [-0.3, -0.25) is 0 Å². The summed E-state index contributed by atoms with van der Waals surface area (Å²) in [5, 5.41) is 10.2. The average molecular weight is 225 g/mol. The minimum Gasteiger partial charge on any atom is -0.478 e. The predicted molar refractivity (Wildman–Crippen MR) is 67.2 cm³/mol. The fraction of sp³-hybridized carbons (Fsp3) is 0.308. The van der Waals surface area contributed by atoms with Gasteiger partial charge in [0.1, 0.15) is 7.85 Å². The molecule has 2 aromatic rings. The fourth-order valence-electron chi connectivity index (χ4n) is 2.33. The van der Waals surface area contributed by atoms with Crippen LogP contribution in [0.5, 0.6) is 0 Å². The number of fused-ring (bicyclic) bond motifs is 1. The molecule has 1 aromatic carbocycles. The van der Waals surface area contributed by atoms with Crippen LogP contribution in [0.15, 0.2) is 18.2 Å². The van der Waals surface area contributed by atoms with E-state index in [1.165, 1.54) is 0 Å². The summed E-state index contributed by atoms with van der Waals surface area (Å²) >= 11 is 0. The van der Waals surface area contributed by atoms with Gasteiger partial charge in [-0.25, -0.2) is 4.79 Å². The Bertz CT molecular complexity index is 626. The molecule has 0 unspecified atom stereocenters. The highest BCUT2D eigenvalue weighted by Crippen LogP contribution is 2.43.